The van der Waals surface area contributed by atoms with Gasteiger partial charge in [-0.05, 0) is 18.6 Å². The molecular formula is C18H21ClN4O2S. The molecular weight excluding hydrogens is 372 g/mol. The molecule has 0 saturated carbocycles. The number of benzene rings is 1. The average Bonchev–Trinajstić information content (AvgIpc) is 3.11. The van der Waals surface area contributed by atoms with Gasteiger partial charge in [-0.25, -0.2) is 9.98 Å². The van der Waals surface area contributed by atoms with Crippen LogP contribution in [-0.2, 0) is 0 Å². The van der Waals surface area contributed by atoms with Gasteiger partial charge in [0.25, 0.3) is 5.69 Å². The van der Waals surface area contributed by atoms with Crippen LogP contribution in [0.4, 0.5) is 11.4 Å². The summed E-state index contributed by atoms with van der Waals surface area (Å²) >= 11 is 7.62. The lowest BCUT2D eigenvalue weighted by Crippen LogP contribution is -1.90. The molecule has 0 bridgehead atoms. The third kappa shape index (κ3) is 5.31. The summed E-state index contributed by atoms with van der Waals surface area (Å²) in [5.74, 6) is 0. The number of halogens is 1. The normalized spacial score (nSPS) is 10.5. The molecule has 0 unspecified atom stereocenters. The summed E-state index contributed by atoms with van der Waals surface area (Å²) in [5.41, 5.74) is 2.00. The minimum atomic E-state index is -0.459. The minimum absolute atomic E-state index is 0.0199. The second-order valence-electron chi connectivity index (χ2n) is 4.49. The lowest BCUT2D eigenvalue weighted by atomic mass is 10.2. The predicted molar refractivity (Wildman–Crippen MR) is 110 cm³/mol. The number of rotatable bonds is 3. The topological polar surface area (TPSA) is 81.3 Å². The SMILES string of the molecule is CC.CC.Cc1ccc([N+](=O)[O-])cc1N=C(Cl)c1cc2nccnc2s1. The first-order chi connectivity index (χ1) is 12.5. The van der Waals surface area contributed by atoms with E-state index in [0.29, 0.717) is 10.6 Å². The molecule has 138 valence electrons. The van der Waals surface area contributed by atoms with Gasteiger partial charge in [0.2, 0.25) is 0 Å². The Balaban J connectivity index is 0.000000791. The van der Waals surface area contributed by atoms with Crippen molar-refractivity contribution in [3.63, 3.8) is 0 Å². The van der Waals surface area contributed by atoms with Crippen LogP contribution in [0, 0.1) is 17.0 Å². The van der Waals surface area contributed by atoms with Crippen molar-refractivity contribution >= 4 is 49.8 Å². The van der Waals surface area contributed by atoms with E-state index in [1.807, 2.05) is 34.6 Å². The van der Waals surface area contributed by atoms with E-state index < -0.39 is 4.92 Å². The molecule has 0 aliphatic heterocycles. The lowest BCUT2D eigenvalue weighted by molar-refractivity contribution is -0.384. The zero-order chi connectivity index (χ0) is 19.7. The van der Waals surface area contributed by atoms with Gasteiger partial charge in [0.15, 0.2) is 0 Å². The zero-order valence-corrected chi connectivity index (χ0v) is 16.9. The van der Waals surface area contributed by atoms with Crippen molar-refractivity contribution in [2.45, 2.75) is 34.6 Å². The molecule has 3 rings (SSSR count). The van der Waals surface area contributed by atoms with Crippen LogP contribution in [0.25, 0.3) is 10.3 Å². The number of nitrogens with zero attached hydrogens (tertiary/aromatic N) is 4. The average molecular weight is 393 g/mol. The molecule has 0 radical (unpaired) electrons. The summed E-state index contributed by atoms with van der Waals surface area (Å²) in [6, 6.07) is 6.29. The van der Waals surface area contributed by atoms with Crippen LogP contribution in [-0.4, -0.2) is 20.1 Å². The number of hydrogen-bond acceptors (Lipinski definition) is 6. The molecule has 2 aromatic heterocycles. The summed E-state index contributed by atoms with van der Waals surface area (Å²) in [5, 5.41) is 11.1. The quantitative estimate of drug-likeness (QED) is 0.298. The van der Waals surface area contributed by atoms with Crippen LogP contribution in [0.1, 0.15) is 38.1 Å². The number of nitro benzene ring substituents is 1. The van der Waals surface area contributed by atoms with Crippen molar-refractivity contribution in [2.75, 3.05) is 0 Å². The van der Waals surface area contributed by atoms with Crippen LogP contribution in [0.2, 0.25) is 0 Å². The Morgan fingerprint density at radius 2 is 1.81 bits per heavy atom. The molecule has 0 atom stereocenters. The molecule has 6 nitrogen and oxygen atoms in total. The molecule has 0 saturated heterocycles. The monoisotopic (exact) mass is 392 g/mol. The van der Waals surface area contributed by atoms with E-state index in [1.54, 1.807) is 24.5 Å². The molecule has 1 aromatic carbocycles. The molecule has 0 aliphatic rings. The van der Waals surface area contributed by atoms with E-state index in [4.69, 9.17) is 11.6 Å². The highest BCUT2D eigenvalue weighted by atomic mass is 35.5. The summed E-state index contributed by atoms with van der Waals surface area (Å²) in [4.78, 5) is 24.6. The number of aryl methyl sites for hydroxylation is 1. The van der Waals surface area contributed by atoms with Crippen molar-refractivity contribution in [3.05, 3.63) is 57.2 Å². The molecule has 0 N–H and O–H groups in total. The Bertz CT molecular complexity index is 876. The molecule has 2 heterocycles. The van der Waals surface area contributed by atoms with Gasteiger partial charge < -0.3 is 0 Å². The van der Waals surface area contributed by atoms with Gasteiger partial charge in [-0.3, -0.25) is 15.1 Å². The van der Waals surface area contributed by atoms with Crippen LogP contribution in [0.5, 0.6) is 0 Å². The van der Waals surface area contributed by atoms with Crippen LogP contribution in [0.3, 0.4) is 0 Å². The van der Waals surface area contributed by atoms with E-state index in [-0.39, 0.29) is 10.9 Å². The van der Waals surface area contributed by atoms with Crippen LogP contribution < -0.4 is 0 Å². The minimum Gasteiger partial charge on any atom is -0.258 e. The number of fused-ring (bicyclic) bond motifs is 1. The van der Waals surface area contributed by atoms with Crippen molar-refractivity contribution in [1.29, 1.82) is 0 Å². The highest BCUT2D eigenvalue weighted by Gasteiger charge is 2.11. The summed E-state index contributed by atoms with van der Waals surface area (Å²) in [6.45, 7) is 9.82. The number of nitro groups is 1. The second kappa shape index (κ2) is 10.6. The molecule has 0 aliphatic carbocycles. The number of thiophene rings is 1. The van der Waals surface area contributed by atoms with Crippen LogP contribution >= 0.6 is 22.9 Å². The number of aliphatic imine (C=N–C) groups is 1. The molecule has 0 amide bonds. The largest absolute Gasteiger partial charge is 0.271 e. The fraction of sp³-hybridized carbons (Fsp3) is 0.278. The van der Waals surface area contributed by atoms with Crippen molar-refractivity contribution in [3.8, 4) is 0 Å². The van der Waals surface area contributed by atoms with E-state index in [2.05, 4.69) is 15.0 Å². The Morgan fingerprint density at radius 1 is 1.15 bits per heavy atom. The van der Waals surface area contributed by atoms with Crippen molar-refractivity contribution in [2.24, 2.45) is 4.99 Å². The van der Waals surface area contributed by atoms with Gasteiger partial charge in [-0.1, -0.05) is 45.4 Å². The van der Waals surface area contributed by atoms with Gasteiger partial charge >= 0.3 is 0 Å². The highest BCUT2D eigenvalue weighted by molar-refractivity contribution is 7.21. The van der Waals surface area contributed by atoms with Crippen molar-refractivity contribution < 1.29 is 4.92 Å². The second-order valence-corrected chi connectivity index (χ2v) is 5.88. The Kier molecular flexibility index (Phi) is 8.81. The molecule has 0 spiro atoms. The fourth-order valence-corrected chi connectivity index (χ4v) is 2.97. The predicted octanol–water partition coefficient (Wildman–Crippen LogP) is 6.28. The van der Waals surface area contributed by atoms with Gasteiger partial charge in [0.1, 0.15) is 15.5 Å². The Morgan fingerprint density at radius 3 is 2.42 bits per heavy atom. The highest BCUT2D eigenvalue weighted by Crippen LogP contribution is 2.28. The van der Waals surface area contributed by atoms with E-state index in [0.717, 1.165) is 15.9 Å². The molecule has 0 fully saturated rings. The smallest absolute Gasteiger partial charge is 0.258 e. The zero-order valence-electron chi connectivity index (χ0n) is 15.4. The summed E-state index contributed by atoms with van der Waals surface area (Å²) in [7, 11) is 0. The summed E-state index contributed by atoms with van der Waals surface area (Å²) in [6.07, 6.45) is 3.22. The lowest BCUT2D eigenvalue weighted by Gasteiger charge is -2.01. The molecule has 8 heteroatoms. The number of aromatic nitrogens is 2. The first kappa shape index (κ1) is 21.7. The summed E-state index contributed by atoms with van der Waals surface area (Å²) < 4.78 is 0. The van der Waals surface area contributed by atoms with Crippen LogP contribution in [0.15, 0.2) is 41.7 Å². The molecule has 26 heavy (non-hydrogen) atoms. The van der Waals surface area contributed by atoms with E-state index in [9.17, 15) is 10.1 Å². The number of non-ortho nitro benzene ring substituents is 1. The maximum atomic E-state index is 10.8. The standard InChI is InChI=1S/C14H9ClN4O2S.2C2H6/c1-8-2-3-9(19(20)21)6-10(8)18-13(15)12-7-11-14(22-12)17-5-4-16-11;2*1-2/h2-7H,1H3;2*1-2H3. The Labute approximate surface area is 161 Å². The van der Waals surface area contributed by atoms with Crippen molar-refractivity contribution in [1.82, 2.24) is 9.97 Å². The van der Waals surface area contributed by atoms with Gasteiger partial charge in [0.05, 0.1) is 15.5 Å². The maximum Gasteiger partial charge on any atom is 0.271 e. The van der Waals surface area contributed by atoms with E-state index in [1.165, 1.54) is 23.5 Å². The first-order valence-corrected chi connectivity index (χ1v) is 9.44. The maximum absolute atomic E-state index is 10.8. The Hall–Kier alpha value is -2.38. The van der Waals surface area contributed by atoms with Gasteiger partial charge in [-0.15, -0.1) is 11.3 Å². The third-order valence-corrected chi connectivity index (χ3v) is 4.43. The molecule has 3 aromatic rings. The van der Waals surface area contributed by atoms with Gasteiger partial charge in [0, 0.05) is 24.5 Å². The third-order valence-electron chi connectivity index (χ3n) is 2.99. The van der Waals surface area contributed by atoms with Gasteiger partial charge in [-0.2, -0.15) is 0 Å². The number of hydrogen-bond donors (Lipinski definition) is 0. The first-order valence-electron chi connectivity index (χ1n) is 8.25. The fourth-order valence-electron chi connectivity index (χ4n) is 1.87. The van der Waals surface area contributed by atoms with E-state index >= 15 is 0 Å².